The van der Waals surface area contributed by atoms with Gasteiger partial charge < -0.3 is 9.42 Å². The molecule has 0 saturated carbocycles. The van der Waals surface area contributed by atoms with Gasteiger partial charge in [-0.05, 0) is 46.4 Å². The van der Waals surface area contributed by atoms with Gasteiger partial charge in [-0.15, -0.1) is 0 Å². The molecule has 1 aliphatic rings. The Bertz CT molecular complexity index is 366. The van der Waals surface area contributed by atoms with Crippen LogP contribution in [-0.2, 0) is 6.54 Å². The van der Waals surface area contributed by atoms with E-state index in [9.17, 15) is 0 Å². The van der Waals surface area contributed by atoms with Gasteiger partial charge in [0.25, 0.3) is 0 Å². The first-order valence-electron chi connectivity index (χ1n) is 6.83. The van der Waals surface area contributed by atoms with Crippen LogP contribution >= 0.6 is 0 Å². The summed E-state index contributed by atoms with van der Waals surface area (Å²) >= 11 is 0. The fraction of sp³-hybridized carbons (Fsp3) is 0.846. The van der Waals surface area contributed by atoms with E-state index in [1.54, 1.807) is 0 Å². The van der Waals surface area contributed by atoms with Gasteiger partial charge in [0.05, 0.1) is 6.54 Å². The van der Waals surface area contributed by atoms with E-state index in [0.29, 0.717) is 5.89 Å². The highest BCUT2D eigenvalue weighted by Crippen LogP contribution is 2.18. The third kappa shape index (κ3) is 3.78. The van der Waals surface area contributed by atoms with Crippen molar-refractivity contribution in [1.82, 2.24) is 19.9 Å². The van der Waals surface area contributed by atoms with Crippen molar-refractivity contribution in [3.8, 4) is 0 Å². The quantitative estimate of drug-likeness (QED) is 0.798. The summed E-state index contributed by atoms with van der Waals surface area (Å²) in [6.45, 7) is 4.93. The zero-order valence-corrected chi connectivity index (χ0v) is 11.7. The lowest BCUT2D eigenvalue weighted by Gasteiger charge is -2.33. The Morgan fingerprint density at radius 2 is 2.28 bits per heavy atom. The molecule has 2 rings (SSSR count). The molecule has 0 bridgehead atoms. The van der Waals surface area contributed by atoms with Crippen LogP contribution in [0.3, 0.4) is 0 Å². The molecule has 0 aliphatic carbocycles. The predicted molar refractivity (Wildman–Crippen MR) is 70.3 cm³/mol. The molecule has 0 amide bonds. The van der Waals surface area contributed by atoms with Crippen molar-refractivity contribution < 1.29 is 4.52 Å². The maximum Gasteiger partial charge on any atom is 0.223 e. The average molecular weight is 252 g/mol. The summed E-state index contributed by atoms with van der Waals surface area (Å²) in [4.78, 5) is 9.00. The van der Waals surface area contributed by atoms with Gasteiger partial charge in [0.15, 0.2) is 5.82 Å². The normalized spacial score (nSPS) is 21.7. The molecule has 5 heteroatoms. The van der Waals surface area contributed by atoms with Gasteiger partial charge >= 0.3 is 0 Å². The molecule has 1 aromatic heterocycles. The lowest BCUT2D eigenvalue weighted by atomic mass is 10.00. The van der Waals surface area contributed by atoms with Gasteiger partial charge in [-0.3, -0.25) is 4.90 Å². The number of nitrogens with zero attached hydrogens (tertiary/aromatic N) is 4. The average Bonchev–Trinajstić information content (AvgIpc) is 2.74. The molecule has 0 radical (unpaired) electrons. The molecule has 1 unspecified atom stereocenters. The van der Waals surface area contributed by atoms with Crippen molar-refractivity contribution in [2.24, 2.45) is 0 Å². The monoisotopic (exact) mass is 252 g/mol. The second kappa shape index (κ2) is 6.29. The van der Waals surface area contributed by atoms with Gasteiger partial charge in [0, 0.05) is 13.0 Å². The van der Waals surface area contributed by atoms with Crippen LogP contribution in [0.5, 0.6) is 0 Å². The van der Waals surface area contributed by atoms with Crippen molar-refractivity contribution >= 4 is 0 Å². The summed E-state index contributed by atoms with van der Waals surface area (Å²) in [5, 5.41) is 3.93. The van der Waals surface area contributed by atoms with E-state index in [-0.39, 0.29) is 0 Å². The zero-order valence-electron chi connectivity index (χ0n) is 11.7. The third-order valence-electron chi connectivity index (χ3n) is 3.75. The summed E-state index contributed by atoms with van der Waals surface area (Å²) in [6.07, 6.45) is 5.29. The van der Waals surface area contributed by atoms with Crippen LogP contribution in [0.1, 0.15) is 37.4 Å². The van der Waals surface area contributed by atoms with Crippen molar-refractivity contribution in [2.45, 2.75) is 45.2 Å². The molecule has 1 saturated heterocycles. The fourth-order valence-electron chi connectivity index (χ4n) is 2.60. The number of aryl methyl sites for hydroxylation is 1. The first-order chi connectivity index (χ1) is 8.65. The largest absolute Gasteiger partial charge is 0.340 e. The highest BCUT2D eigenvalue weighted by Gasteiger charge is 2.19. The highest BCUT2D eigenvalue weighted by molar-refractivity contribution is 4.83. The lowest BCUT2D eigenvalue weighted by Crippen LogP contribution is -2.38. The van der Waals surface area contributed by atoms with E-state index in [1.165, 1.54) is 32.2 Å². The van der Waals surface area contributed by atoms with Crippen LogP contribution in [-0.4, -0.2) is 53.2 Å². The molecule has 0 aromatic carbocycles. The van der Waals surface area contributed by atoms with Crippen LogP contribution in [0.25, 0.3) is 0 Å². The van der Waals surface area contributed by atoms with E-state index in [1.807, 2.05) is 6.92 Å². The van der Waals surface area contributed by atoms with Crippen LogP contribution in [0.4, 0.5) is 0 Å². The van der Waals surface area contributed by atoms with Crippen LogP contribution in [0.2, 0.25) is 0 Å². The maximum atomic E-state index is 4.98. The van der Waals surface area contributed by atoms with Crippen LogP contribution in [0, 0.1) is 6.92 Å². The fourth-order valence-corrected chi connectivity index (χ4v) is 2.60. The summed E-state index contributed by atoms with van der Waals surface area (Å²) in [5.74, 6) is 1.43. The standard InChI is InChI=1S/C13H24N4O/c1-11-14-13(15-18-11)10-16(2)9-7-12-6-4-5-8-17(12)3/h12H,4-10H2,1-3H3. The minimum Gasteiger partial charge on any atom is -0.340 e. The minimum absolute atomic E-state index is 0.644. The number of hydrogen-bond acceptors (Lipinski definition) is 5. The summed E-state index contributed by atoms with van der Waals surface area (Å²) in [6, 6.07) is 0.744. The smallest absolute Gasteiger partial charge is 0.223 e. The van der Waals surface area contributed by atoms with Gasteiger partial charge in [-0.25, -0.2) is 0 Å². The summed E-state index contributed by atoms with van der Waals surface area (Å²) < 4.78 is 4.98. The Labute approximate surface area is 109 Å². The highest BCUT2D eigenvalue weighted by atomic mass is 16.5. The summed E-state index contributed by atoms with van der Waals surface area (Å²) in [5.41, 5.74) is 0. The molecule has 0 N–H and O–H groups in total. The molecule has 102 valence electrons. The Hall–Kier alpha value is -0.940. The van der Waals surface area contributed by atoms with E-state index in [4.69, 9.17) is 4.52 Å². The predicted octanol–water partition coefficient (Wildman–Crippen LogP) is 1.68. The summed E-state index contributed by atoms with van der Waals surface area (Å²) in [7, 11) is 4.36. The molecule has 1 aliphatic heterocycles. The molecule has 1 aromatic rings. The first-order valence-corrected chi connectivity index (χ1v) is 6.83. The zero-order chi connectivity index (χ0) is 13.0. The van der Waals surface area contributed by atoms with Gasteiger partial charge in [-0.2, -0.15) is 4.98 Å². The molecule has 2 heterocycles. The van der Waals surface area contributed by atoms with E-state index < -0.39 is 0 Å². The van der Waals surface area contributed by atoms with Crippen molar-refractivity contribution in [3.63, 3.8) is 0 Å². The van der Waals surface area contributed by atoms with E-state index >= 15 is 0 Å². The van der Waals surface area contributed by atoms with Crippen LogP contribution < -0.4 is 0 Å². The number of hydrogen-bond donors (Lipinski definition) is 0. The lowest BCUT2D eigenvalue weighted by molar-refractivity contribution is 0.158. The third-order valence-corrected chi connectivity index (χ3v) is 3.75. The Kier molecular flexibility index (Phi) is 4.72. The van der Waals surface area contributed by atoms with Crippen LogP contribution in [0.15, 0.2) is 4.52 Å². The number of likely N-dealkylation sites (tertiary alicyclic amines) is 1. The second-order valence-electron chi connectivity index (χ2n) is 5.39. The Morgan fingerprint density at radius 1 is 1.44 bits per heavy atom. The first kappa shape index (κ1) is 13.5. The molecule has 5 nitrogen and oxygen atoms in total. The maximum absolute atomic E-state index is 4.98. The topological polar surface area (TPSA) is 45.4 Å². The molecule has 18 heavy (non-hydrogen) atoms. The van der Waals surface area contributed by atoms with E-state index in [0.717, 1.165) is 25.0 Å². The molecule has 0 spiro atoms. The second-order valence-corrected chi connectivity index (χ2v) is 5.39. The van der Waals surface area contributed by atoms with Gasteiger partial charge in [0.2, 0.25) is 5.89 Å². The molecular formula is C13H24N4O. The number of aromatic nitrogens is 2. The molecular weight excluding hydrogens is 228 g/mol. The number of rotatable bonds is 5. The Morgan fingerprint density at radius 3 is 2.94 bits per heavy atom. The van der Waals surface area contributed by atoms with Gasteiger partial charge in [0.1, 0.15) is 0 Å². The van der Waals surface area contributed by atoms with Crippen molar-refractivity contribution in [2.75, 3.05) is 27.2 Å². The van der Waals surface area contributed by atoms with Gasteiger partial charge in [-0.1, -0.05) is 11.6 Å². The minimum atomic E-state index is 0.644. The van der Waals surface area contributed by atoms with E-state index in [2.05, 4.69) is 34.0 Å². The molecule has 1 fully saturated rings. The number of piperidine rings is 1. The molecule has 1 atom stereocenters. The SMILES string of the molecule is Cc1nc(CN(C)CCC2CCCCN2C)no1. The Balaban J connectivity index is 1.72. The van der Waals surface area contributed by atoms with Crippen molar-refractivity contribution in [1.29, 1.82) is 0 Å². The van der Waals surface area contributed by atoms with Crippen molar-refractivity contribution in [3.05, 3.63) is 11.7 Å².